The Morgan fingerprint density at radius 1 is 0.660 bits per heavy atom. The maximum absolute atomic E-state index is 15.6. The summed E-state index contributed by atoms with van der Waals surface area (Å²) < 4.78 is 76.6. The first-order chi connectivity index (χ1) is 24.3. The van der Waals surface area contributed by atoms with E-state index in [1.807, 2.05) is 109 Å². The molecule has 250 valence electrons. The summed E-state index contributed by atoms with van der Waals surface area (Å²) in [5.41, 5.74) is 4.45. The summed E-state index contributed by atoms with van der Waals surface area (Å²) in [5, 5.41) is 2.18. The van der Waals surface area contributed by atoms with Gasteiger partial charge < -0.3 is 4.57 Å². The van der Waals surface area contributed by atoms with Crippen molar-refractivity contribution in [2.75, 3.05) is 6.66 Å². The Morgan fingerprint density at radius 2 is 1.16 bits per heavy atom. The molecule has 50 heavy (non-hydrogen) atoms. The maximum Gasteiger partial charge on any atom is 0.200 e. The van der Waals surface area contributed by atoms with Crippen molar-refractivity contribution in [1.29, 1.82) is 0 Å². The normalized spacial score (nSPS) is 15.3. The first-order valence-corrected chi connectivity index (χ1v) is 18.0. The molecule has 2 nitrogen and oxygen atoms in total. The van der Waals surface area contributed by atoms with E-state index >= 15 is 8.78 Å². The van der Waals surface area contributed by atoms with Crippen molar-refractivity contribution in [2.45, 2.75) is 25.8 Å². The molecule has 0 N–H and O–H groups in total. The van der Waals surface area contributed by atoms with Crippen molar-refractivity contribution in [2.24, 2.45) is 0 Å². The fourth-order valence-corrected chi connectivity index (χ4v) is 8.92. The highest BCUT2D eigenvalue weighted by molar-refractivity contribution is 7.69. The van der Waals surface area contributed by atoms with Gasteiger partial charge in [0.05, 0.1) is 17.9 Å². The van der Waals surface area contributed by atoms with Gasteiger partial charge in [-0.1, -0.05) is 127 Å². The maximum atomic E-state index is 15.6. The highest BCUT2D eigenvalue weighted by atomic mass is 31.1. The van der Waals surface area contributed by atoms with Crippen LogP contribution in [-0.4, -0.2) is 16.2 Å². The van der Waals surface area contributed by atoms with Gasteiger partial charge in [0.1, 0.15) is 5.82 Å². The topological polar surface area (TPSA) is 17.8 Å². The molecule has 0 saturated heterocycles. The lowest BCUT2D eigenvalue weighted by molar-refractivity contribution is 0.368. The van der Waals surface area contributed by atoms with Crippen molar-refractivity contribution in [3.8, 4) is 22.5 Å². The first kappa shape index (κ1) is 33.4. The van der Waals surface area contributed by atoms with Crippen LogP contribution in [0.5, 0.6) is 0 Å². The number of hydrogen-bond donors (Lipinski definition) is 0. The molecule has 1 aliphatic rings. The third-order valence-corrected chi connectivity index (χ3v) is 11.6. The van der Waals surface area contributed by atoms with Crippen LogP contribution in [0.25, 0.3) is 28.1 Å². The second-order valence-corrected chi connectivity index (χ2v) is 14.3. The Morgan fingerprint density at radius 3 is 1.74 bits per heavy atom. The van der Waals surface area contributed by atoms with Crippen molar-refractivity contribution in [3.63, 3.8) is 0 Å². The van der Waals surface area contributed by atoms with Gasteiger partial charge in [0.25, 0.3) is 0 Å². The molecule has 2 unspecified atom stereocenters. The van der Waals surface area contributed by atoms with Crippen molar-refractivity contribution in [3.05, 3.63) is 184 Å². The Bertz CT molecular complexity index is 2200. The van der Waals surface area contributed by atoms with Gasteiger partial charge in [-0.05, 0) is 49.7 Å². The molecule has 0 aliphatic heterocycles. The number of halogens is 5. The van der Waals surface area contributed by atoms with Crippen LogP contribution in [0.1, 0.15) is 36.2 Å². The van der Waals surface area contributed by atoms with Crippen molar-refractivity contribution in [1.82, 2.24) is 9.55 Å². The summed E-state index contributed by atoms with van der Waals surface area (Å²) in [6.45, 7) is 3.59. The zero-order chi connectivity index (χ0) is 34.9. The molecule has 0 bridgehead atoms. The molecule has 0 fully saturated rings. The van der Waals surface area contributed by atoms with E-state index in [9.17, 15) is 13.2 Å². The molecule has 7 rings (SSSR count). The molecule has 5 aromatic carbocycles. The smallest absolute Gasteiger partial charge is 0.200 e. The fraction of sp³-hybridized carbons (Fsp3) is 0.119. The quantitative estimate of drug-likeness (QED) is 0.0673. The van der Waals surface area contributed by atoms with Crippen molar-refractivity contribution < 1.29 is 22.0 Å². The van der Waals surface area contributed by atoms with Crippen LogP contribution in [-0.2, 0) is 6.54 Å². The van der Waals surface area contributed by atoms with Crippen LogP contribution in [0.15, 0.2) is 138 Å². The number of aromatic nitrogens is 2. The van der Waals surface area contributed by atoms with Crippen LogP contribution in [0.4, 0.5) is 22.0 Å². The van der Waals surface area contributed by atoms with Gasteiger partial charge in [-0.25, -0.2) is 26.9 Å². The summed E-state index contributed by atoms with van der Waals surface area (Å²) >= 11 is 0. The highest BCUT2D eigenvalue weighted by Gasteiger charge is 2.35. The predicted octanol–water partition coefficient (Wildman–Crippen LogP) is 11.2. The molecule has 1 aromatic heterocycles. The Labute approximate surface area is 289 Å². The third kappa shape index (κ3) is 6.01. The second kappa shape index (κ2) is 14.0. The molecule has 0 radical (unpaired) electrons. The van der Waals surface area contributed by atoms with Crippen LogP contribution in [0.2, 0.25) is 0 Å². The van der Waals surface area contributed by atoms with Gasteiger partial charge >= 0.3 is 0 Å². The van der Waals surface area contributed by atoms with E-state index in [4.69, 9.17) is 4.98 Å². The SMILES string of the molecule is CC1=CCC(c2ccccc2)C(c2nc(-c3ccccc3)c(-c3ccccc3)n2Cc2c(F)c(F)c(F)c(F)c2F)=C1P(C)c1ccccc1. The predicted molar refractivity (Wildman–Crippen MR) is 192 cm³/mol. The number of hydrogen-bond acceptors (Lipinski definition) is 1. The monoisotopic (exact) mass is 690 g/mol. The molecule has 6 aromatic rings. The minimum atomic E-state index is -2.19. The zero-order valence-electron chi connectivity index (χ0n) is 27.3. The summed E-state index contributed by atoms with van der Waals surface area (Å²) in [6, 6.07) is 38.8. The van der Waals surface area contributed by atoms with E-state index in [1.54, 1.807) is 4.57 Å². The van der Waals surface area contributed by atoms with Crippen LogP contribution in [0.3, 0.4) is 0 Å². The summed E-state index contributed by atoms with van der Waals surface area (Å²) in [6.07, 6.45) is 2.84. The molecular weight excluding hydrogens is 658 g/mol. The van der Waals surface area contributed by atoms with Crippen molar-refractivity contribution >= 4 is 18.8 Å². The van der Waals surface area contributed by atoms with E-state index < -0.39 is 49.1 Å². The molecule has 0 saturated carbocycles. The van der Waals surface area contributed by atoms with Gasteiger partial charge in [0.2, 0.25) is 5.82 Å². The Balaban J connectivity index is 1.62. The lowest BCUT2D eigenvalue weighted by Crippen LogP contribution is -2.18. The van der Waals surface area contributed by atoms with Gasteiger partial charge in [-0.3, -0.25) is 0 Å². The number of imidazole rings is 1. The zero-order valence-corrected chi connectivity index (χ0v) is 28.2. The Kier molecular flexibility index (Phi) is 9.35. The van der Waals surface area contributed by atoms with E-state index in [1.165, 1.54) is 0 Å². The highest BCUT2D eigenvalue weighted by Crippen LogP contribution is 2.55. The fourth-order valence-electron chi connectivity index (χ4n) is 6.81. The number of nitrogens with zero attached hydrogens (tertiary/aromatic N) is 2. The van der Waals surface area contributed by atoms with Gasteiger partial charge in [0, 0.05) is 28.2 Å². The van der Waals surface area contributed by atoms with Gasteiger partial charge in [-0.2, -0.15) is 0 Å². The van der Waals surface area contributed by atoms with Gasteiger partial charge in [0.15, 0.2) is 23.3 Å². The molecule has 0 amide bonds. The number of benzene rings is 5. The lowest BCUT2D eigenvalue weighted by atomic mass is 9.82. The summed E-state index contributed by atoms with van der Waals surface area (Å²) in [4.78, 5) is 5.32. The van der Waals surface area contributed by atoms with Crippen LogP contribution >= 0.6 is 7.92 Å². The van der Waals surface area contributed by atoms with Gasteiger partial charge in [-0.15, -0.1) is 0 Å². The van der Waals surface area contributed by atoms with E-state index in [0.717, 1.165) is 32.9 Å². The molecule has 1 aliphatic carbocycles. The third-order valence-electron chi connectivity index (χ3n) is 9.24. The first-order valence-electron chi connectivity index (χ1n) is 16.2. The number of allylic oxidation sites excluding steroid dienone is 4. The molecule has 8 heteroatoms. The molecule has 2 atom stereocenters. The average molecular weight is 691 g/mol. The second-order valence-electron chi connectivity index (χ2n) is 12.2. The van der Waals surface area contributed by atoms with Crippen LogP contribution in [0, 0.1) is 29.1 Å². The number of rotatable bonds is 8. The molecule has 1 heterocycles. The molecular formula is C42H32F5N2P. The standard InChI is InChI=1S/C42H32F5N2P/c1-26-23-24-31(27-15-7-3-8-16-27)33(41(26)50(2)30-21-13-6-14-22-30)42-48-39(28-17-9-4-10-18-28)40(29-19-11-5-12-20-29)49(42)25-32-34(43)36(45)38(47)37(46)35(32)44/h3-23,31H,24-25H2,1-2H3. The minimum Gasteiger partial charge on any atom is -0.319 e. The largest absolute Gasteiger partial charge is 0.319 e. The summed E-state index contributed by atoms with van der Waals surface area (Å²) in [7, 11) is -0.980. The minimum absolute atomic E-state index is 0.214. The lowest BCUT2D eigenvalue weighted by Gasteiger charge is -2.32. The average Bonchev–Trinajstić information content (AvgIpc) is 3.54. The summed E-state index contributed by atoms with van der Waals surface area (Å²) in [5.74, 6) is -9.69. The van der Waals surface area contributed by atoms with E-state index in [2.05, 4.69) is 31.8 Å². The Hall–Kier alpha value is -5.13. The molecule has 0 spiro atoms. The van der Waals surface area contributed by atoms with E-state index in [0.29, 0.717) is 29.2 Å². The van der Waals surface area contributed by atoms with Crippen LogP contribution < -0.4 is 5.30 Å². The van der Waals surface area contributed by atoms with E-state index in [-0.39, 0.29) is 5.92 Å².